The monoisotopic (exact) mass is 281 g/mol. The Labute approximate surface area is 120 Å². The first-order chi connectivity index (χ1) is 8.94. The quantitative estimate of drug-likeness (QED) is 0.899. The molecule has 3 heteroatoms. The van der Waals surface area contributed by atoms with Crippen molar-refractivity contribution in [1.29, 1.82) is 0 Å². The molecule has 1 aliphatic rings. The van der Waals surface area contributed by atoms with Crippen LogP contribution in [0.25, 0.3) is 0 Å². The lowest BCUT2D eigenvalue weighted by atomic mass is 9.87. The van der Waals surface area contributed by atoms with Gasteiger partial charge >= 0.3 is 0 Å². The molecule has 1 aromatic carbocycles. The molecule has 19 heavy (non-hydrogen) atoms. The Kier molecular flexibility index (Phi) is 4.91. The first-order valence-corrected chi connectivity index (χ1v) is 8.18. The van der Waals surface area contributed by atoms with Gasteiger partial charge in [-0.25, -0.2) is 4.39 Å². The molecule has 0 saturated carbocycles. The molecular formula is C16H24FNS. The van der Waals surface area contributed by atoms with Crippen molar-refractivity contribution in [3.05, 3.63) is 35.6 Å². The first kappa shape index (κ1) is 14.9. The SMILES string of the molecule is CC(Cc1ccc(F)cc1)NC1CSCC(C)(C)C1. The zero-order valence-electron chi connectivity index (χ0n) is 12.1. The Morgan fingerprint density at radius 2 is 2.05 bits per heavy atom. The average molecular weight is 281 g/mol. The van der Waals surface area contributed by atoms with Crippen LogP contribution in [-0.4, -0.2) is 23.6 Å². The average Bonchev–Trinajstić information content (AvgIpc) is 2.30. The van der Waals surface area contributed by atoms with E-state index in [0.717, 1.165) is 6.42 Å². The smallest absolute Gasteiger partial charge is 0.123 e. The van der Waals surface area contributed by atoms with E-state index in [2.05, 4.69) is 26.1 Å². The van der Waals surface area contributed by atoms with Crippen LogP contribution in [0.1, 0.15) is 32.8 Å². The summed E-state index contributed by atoms with van der Waals surface area (Å²) in [5.41, 5.74) is 1.64. The molecule has 106 valence electrons. The lowest BCUT2D eigenvalue weighted by Gasteiger charge is -2.36. The molecule has 1 heterocycles. The van der Waals surface area contributed by atoms with Gasteiger partial charge in [0.15, 0.2) is 0 Å². The molecule has 0 bridgehead atoms. The van der Waals surface area contributed by atoms with Gasteiger partial charge in [0.25, 0.3) is 0 Å². The Morgan fingerprint density at radius 3 is 2.68 bits per heavy atom. The third-order valence-electron chi connectivity index (χ3n) is 3.59. The number of halogens is 1. The molecule has 0 radical (unpaired) electrons. The van der Waals surface area contributed by atoms with Crippen molar-refractivity contribution in [2.45, 2.75) is 45.7 Å². The van der Waals surface area contributed by atoms with Crippen LogP contribution in [0.3, 0.4) is 0 Å². The Balaban J connectivity index is 1.84. The van der Waals surface area contributed by atoms with E-state index in [9.17, 15) is 4.39 Å². The van der Waals surface area contributed by atoms with Crippen molar-refractivity contribution in [2.24, 2.45) is 5.41 Å². The highest BCUT2D eigenvalue weighted by Gasteiger charge is 2.28. The van der Waals surface area contributed by atoms with Crippen LogP contribution >= 0.6 is 11.8 Å². The van der Waals surface area contributed by atoms with Gasteiger partial charge in [-0.15, -0.1) is 0 Å². The normalized spacial score (nSPS) is 24.1. The standard InChI is InChI=1S/C16H24FNS/c1-12(8-13-4-6-14(17)7-5-13)18-15-9-16(2,3)11-19-10-15/h4-7,12,15,18H,8-11H2,1-3H3. The topological polar surface area (TPSA) is 12.0 Å². The van der Waals surface area contributed by atoms with E-state index in [1.165, 1.54) is 23.5 Å². The number of nitrogens with one attached hydrogen (secondary N) is 1. The lowest BCUT2D eigenvalue weighted by Crippen LogP contribution is -2.44. The van der Waals surface area contributed by atoms with Crippen molar-refractivity contribution in [2.75, 3.05) is 11.5 Å². The van der Waals surface area contributed by atoms with Gasteiger partial charge in [-0.2, -0.15) is 11.8 Å². The molecule has 0 amide bonds. The zero-order valence-corrected chi connectivity index (χ0v) is 12.9. The van der Waals surface area contributed by atoms with Gasteiger partial charge in [-0.1, -0.05) is 26.0 Å². The summed E-state index contributed by atoms with van der Waals surface area (Å²) in [6, 6.07) is 7.89. The van der Waals surface area contributed by atoms with Gasteiger partial charge in [0.1, 0.15) is 5.82 Å². The van der Waals surface area contributed by atoms with E-state index in [4.69, 9.17) is 0 Å². The summed E-state index contributed by atoms with van der Waals surface area (Å²) in [5, 5.41) is 3.72. The van der Waals surface area contributed by atoms with Gasteiger partial charge in [0.2, 0.25) is 0 Å². The molecule has 1 fully saturated rings. The summed E-state index contributed by atoms with van der Waals surface area (Å²) in [5.74, 6) is 2.31. The third kappa shape index (κ3) is 4.81. The van der Waals surface area contributed by atoms with Crippen molar-refractivity contribution in [1.82, 2.24) is 5.32 Å². The Hall–Kier alpha value is -0.540. The van der Waals surface area contributed by atoms with Crippen LogP contribution in [-0.2, 0) is 6.42 Å². The molecule has 1 aromatic rings. The second-order valence-corrected chi connectivity index (χ2v) is 7.51. The Morgan fingerprint density at radius 1 is 1.37 bits per heavy atom. The van der Waals surface area contributed by atoms with E-state index < -0.39 is 0 Å². The molecule has 0 spiro atoms. The third-order valence-corrected chi connectivity index (χ3v) is 5.21. The minimum Gasteiger partial charge on any atom is -0.310 e. The molecule has 2 unspecified atom stereocenters. The fourth-order valence-electron chi connectivity index (χ4n) is 2.80. The van der Waals surface area contributed by atoms with Gasteiger partial charge in [-0.3, -0.25) is 0 Å². The minimum absolute atomic E-state index is 0.158. The molecular weight excluding hydrogens is 257 g/mol. The molecule has 1 aliphatic heterocycles. The fraction of sp³-hybridized carbons (Fsp3) is 0.625. The Bertz CT molecular complexity index is 402. The van der Waals surface area contributed by atoms with Crippen LogP contribution in [0, 0.1) is 11.2 Å². The van der Waals surface area contributed by atoms with Crippen LogP contribution in [0.15, 0.2) is 24.3 Å². The fourth-order valence-corrected chi connectivity index (χ4v) is 4.09. The van der Waals surface area contributed by atoms with Gasteiger partial charge in [0, 0.05) is 17.8 Å². The number of rotatable bonds is 4. The first-order valence-electron chi connectivity index (χ1n) is 7.03. The summed E-state index contributed by atoms with van der Waals surface area (Å²) in [6.45, 7) is 6.91. The van der Waals surface area contributed by atoms with Crippen molar-refractivity contribution >= 4 is 11.8 Å². The highest BCUT2D eigenvalue weighted by atomic mass is 32.2. The lowest BCUT2D eigenvalue weighted by molar-refractivity contribution is 0.303. The van der Waals surface area contributed by atoms with Crippen LogP contribution in [0.5, 0.6) is 0 Å². The van der Waals surface area contributed by atoms with Gasteiger partial charge in [-0.05, 0) is 48.6 Å². The van der Waals surface area contributed by atoms with Crippen molar-refractivity contribution in [3.63, 3.8) is 0 Å². The summed E-state index contributed by atoms with van der Waals surface area (Å²) >= 11 is 2.05. The predicted octanol–water partition coefficient (Wildman–Crippen LogP) is 3.88. The molecule has 2 atom stereocenters. The van der Waals surface area contributed by atoms with Gasteiger partial charge < -0.3 is 5.32 Å². The highest BCUT2D eigenvalue weighted by Crippen LogP contribution is 2.33. The summed E-state index contributed by atoms with van der Waals surface area (Å²) < 4.78 is 12.9. The van der Waals surface area contributed by atoms with E-state index in [-0.39, 0.29) is 5.82 Å². The number of benzene rings is 1. The minimum atomic E-state index is -0.158. The molecule has 1 N–H and O–H groups in total. The maximum Gasteiger partial charge on any atom is 0.123 e. The van der Waals surface area contributed by atoms with Crippen molar-refractivity contribution < 1.29 is 4.39 Å². The maximum absolute atomic E-state index is 12.9. The van der Waals surface area contributed by atoms with Crippen LogP contribution in [0.2, 0.25) is 0 Å². The summed E-state index contributed by atoms with van der Waals surface area (Å²) in [6.07, 6.45) is 2.20. The highest BCUT2D eigenvalue weighted by molar-refractivity contribution is 7.99. The van der Waals surface area contributed by atoms with E-state index >= 15 is 0 Å². The second kappa shape index (κ2) is 6.27. The number of hydrogen-bond donors (Lipinski definition) is 1. The van der Waals surface area contributed by atoms with Crippen LogP contribution < -0.4 is 5.32 Å². The maximum atomic E-state index is 12.9. The predicted molar refractivity (Wildman–Crippen MR) is 82.2 cm³/mol. The molecule has 1 saturated heterocycles. The van der Waals surface area contributed by atoms with E-state index in [1.807, 2.05) is 23.9 Å². The van der Waals surface area contributed by atoms with Crippen LogP contribution in [0.4, 0.5) is 4.39 Å². The largest absolute Gasteiger partial charge is 0.310 e. The molecule has 2 rings (SSSR count). The number of hydrogen-bond acceptors (Lipinski definition) is 2. The zero-order chi connectivity index (χ0) is 13.9. The summed E-state index contributed by atoms with van der Waals surface area (Å²) in [4.78, 5) is 0. The molecule has 0 aromatic heterocycles. The van der Waals surface area contributed by atoms with Crippen molar-refractivity contribution in [3.8, 4) is 0 Å². The molecule has 1 nitrogen and oxygen atoms in total. The van der Waals surface area contributed by atoms with Gasteiger partial charge in [0.05, 0.1) is 0 Å². The number of thioether (sulfide) groups is 1. The van der Waals surface area contributed by atoms with E-state index in [0.29, 0.717) is 17.5 Å². The second-order valence-electron chi connectivity index (χ2n) is 6.48. The van der Waals surface area contributed by atoms with E-state index in [1.54, 1.807) is 12.1 Å². The summed E-state index contributed by atoms with van der Waals surface area (Å²) in [7, 11) is 0. The molecule has 0 aliphatic carbocycles.